The van der Waals surface area contributed by atoms with E-state index in [0.29, 0.717) is 11.7 Å². The number of benzene rings is 1. The predicted octanol–water partition coefficient (Wildman–Crippen LogP) is 1.35. The second-order valence-electron chi connectivity index (χ2n) is 4.69. The van der Waals surface area contributed by atoms with E-state index in [-0.39, 0.29) is 11.9 Å². The van der Waals surface area contributed by atoms with Crippen LogP contribution in [0.4, 0.5) is 9.93 Å². The van der Waals surface area contributed by atoms with Gasteiger partial charge in [-0.05, 0) is 5.56 Å². The summed E-state index contributed by atoms with van der Waals surface area (Å²) in [5, 5.41) is 8.35. The Hall–Kier alpha value is -2.41. The van der Waals surface area contributed by atoms with Crippen LogP contribution in [0, 0.1) is 0 Å². The van der Waals surface area contributed by atoms with Crippen molar-refractivity contribution >= 4 is 28.4 Å². The van der Waals surface area contributed by atoms with Gasteiger partial charge in [-0.15, -0.1) is 11.3 Å². The van der Waals surface area contributed by atoms with E-state index in [1.165, 1.54) is 16.9 Å². The zero-order valence-corrected chi connectivity index (χ0v) is 11.9. The van der Waals surface area contributed by atoms with Crippen molar-refractivity contribution in [2.45, 2.75) is 12.5 Å². The Kier molecular flexibility index (Phi) is 3.83. The van der Waals surface area contributed by atoms with E-state index < -0.39 is 6.04 Å². The molecule has 7 heteroatoms. The third-order valence-corrected chi connectivity index (χ3v) is 4.01. The zero-order valence-electron chi connectivity index (χ0n) is 11.1. The maximum absolute atomic E-state index is 11.9. The molecule has 1 aromatic carbocycles. The van der Waals surface area contributed by atoms with Gasteiger partial charge >= 0.3 is 6.03 Å². The molecule has 0 radical (unpaired) electrons. The van der Waals surface area contributed by atoms with Crippen LogP contribution in [0.3, 0.4) is 0 Å². The number of aromatic nitrogens is 1. The van der Waals surface area contributed by atoms with Crippen LogP contribution in [0.2, 0.25) is 0 Å². The average Bonchev–Trinajstić information content (AvgIpc) is 3.09. The molecule has 2 aromatic rings. The molecular weight excluding hydrogens is 288 g/mol. The monoisotopic (exact) mass is 302 g/mol. The Labute approximate surface area is 125 Å². The molecule has 3 rings (SSSR count). The first-order valence-electron chi connectivity index (χ1n) is 6.54. The van der Waals surface area contributed by atoms with Crippen molar-refractivity contribution < 1.29 is 9.59 Å². The fourth-order valence-electron chi connectivity index (χ4n) is 2.05. The lowest BCUT2D eigenvalue weighted by atomic mass is 10.1. The molecule has 108 valence electrons. The van der Waals surface area contributed by atoms with Crippen molar-refractivity contribution in [3.63, 3.8) is 0 Å². The molecule has 3 N–H and O–H groups in total. The van der Waals surface area contributed by atoms with Gasteiger partial charge < -0.3 is 16.0 Å². The first-order valence-corrected chi connectivity index (χ1v) is 7.36. The lowest BCUT2D eigenvalue weighted by Gasteiger charge is -2.06. The summed E-state index contributed by atoms with van der Waals surface area (Å²) in [4.78, 5) is 28.2. The smallest absolute Gasteiger partial charge is 0.315 e. The van der Waals surface area contributed by atoms with Crippen LogP contribution in [0.5, 0.6) is 0 Å². The molecule has 0 aliphatic carbocycles. The Morgan fingerprint density at radius 3 is 2.90 bits per heavy atom. The Morgan fingerprint density at radius 2 is 2.19 bits per heavy atom. The Bertz CT molecular complexity index is 656. The van der Waals surface area contributed by atoms with E-state index >= 15 is 0 Å². The minimum absolute atomic E-state index is 0.256. The summed E-state index contributed by atoms with van der Waals surface area (Å²) in [7, 11) is 0. The number of nitrogens with one attached hydrogen (secondary N) is 3. The van der Waals surface area contributed by atoms with Gasteiger partial charge in [-0.3, -0.25) is 4.79 Å². The molecule has 1 aromatic heterocycles. The third-order valence-electron chi connectivity index (χ3n) is 3.09. The highest BCUT2D eigenvalue weighted by Crippen LogP contribution is 2.21. The molecule has 1 aliphatic rings. The van der Waals surface area contributed by atoms with Crippen molar-refractivity contribution in [2.75, 3.05) is 11.9 Å². The second-order valence-corrected chi connectivity index (χ2v) is 5.81. The van der Waals surface area contributed by atoms with Crippen molar-refractivity contribution in [1.29, 1.82) is 0 Å². The van der Waals surface area contributed by atoms with Gasteiger partial charge in [-0.1, -0.05) is 30.3 Å². The summed E-state index contributed by atoms with van der Waals surface area (Å²) >= 11 is 1.44. The van der Waals surface area contributed by atoms with E-state index in [0.717, 1.165) is 11.3 Å². The molecule has 21 heavy (non-hydrogen) atoms. The van der Waals surface area contributed by atoms with E-state index in [1.807, 2.05) is 18.2 Å². The zero-order chi connectivity index (χ0) is 14.7. The molecule has 0 spiro atoms. The van der Waals surface area contributed by atoms with Gasteiger partial charge in [0.15, 0.2) is 5.13 Å². The molecule has 1 fully saturated rings. The van der Waals surface area contributed by atoms with Crippen LogP contribution in [0.15, 0.2) is 36.5 Å². The van der Waals surface area contributed by atoms with Crippen LogP contribution in [0.25, 0.3) is 0 Å². The standard InChI is InChI=1S/C14H14N4O2S/c19-12(11-8-15-13(20)17-11)18-14-16-7-10(21-14)6-9-4-2-1-3-5-9/h1-5,7,11H,6,8H2,(H2,15,17,20)(H,16,18,19)/t11-/m1/s1. The largest absolute Gasteiger partial charge is 0.336 e. The van der Waals surface area contributed by atoms with Gasteiger partial charge in [0.05, 0.1) is 0 Å². The van der Waals surface area contributed by atoms with E-state index in [1.54, 1.807) is 6.20 Å². The van der Waals surface area contributed by atoms with E-state index in [2.05, 4.69) is 33.1 Å². The van der Waals surface area contributed by atoms with Gasteiger partial charge in [-0.25, -0.2) is 9.78 Å². The number of hydrogen-bond donors (Lipinski definition) is 3. The van der Waals surface area contributed by atoms with Gasteiger partial charge in [0.25, 0.3) is 5.91 Å². The maximum atomic E-state index is 11.9. The quantitative estimate of drug-likeness (QED) is 0.797. The van der Waals surface area contributed by atoms with Crippen molar-refractivity contribution in [1.82, 2.24) is 15.6 Å². The van der Waals surface area contributed by atoms with Crippen LogP contribution in [-0.2, 0) is 11.2 Å². The molecule has 1 atom stereocenters. The van der Waals surface area contributed by atoms with Crippen molar-refractivity contribution in [2.24, 2.45) is 0 Å². The number of hydrogen-bond acceptors (Lipinski definition) is 4. The molecule has 0 unspecified atom stereocenters. The summed E-state index contributed by atoms with van der Waals surface area (Å²) in [5.74, 6) is -0.256. The number of urea groups is 1. The fraction of sp³-hybridized carbons (Fsp3) is 0.214. The summed E-state index contributed by atoms with van der Waals surface area (Å²) in [6.07, 6.45) is 2.55. The summed E-state index contributed by atoms with van der Waals surface area (Å²) < 4.78 is 0. The molecule has 6 nitrogen and oxygen atoms in total. The second kappa shape index (κ2) is 5.92. The number of nitrogens with zero attached hydrogens (tertiary/aromatic N) is 1. The summed E-state index contributed by atoms with van der Waals surface area (Å²) in [6.45, 7) is 0.299. The number of rotatable bonds is 4. The summed E-state index contributed by atoms with van der Waals surface area (Å²) in [5.41, 5.74) is 1.20. The van der Waals surface area contributed by atoms with Crippen molar-refractivity contribution in [3.05, 3.63) is 47.0 Å². The van der Waals surface area contributed by atoms with Crippen LogP contribution < -0.4 is 16.0 Å². The number of thiazole rings is 1. The maximum Gasteiger partial charge on any atom is 0.315 e. The SMILES string of the molecule is O=C1NC[C@H](C(=O)Nc2ncc(Cc3ccccc3)s2)N1. The minimum Gasteiger partial charge on any atom is -0.336 e. The third kappa shape index (κ3) is 3.38. The normalized spacial score (nSPS) is 17.1. The highest BCUT2D eigenvalue weighted by molar-refractivity contribution is 7.15. The van der Waals surface area contributed by atoms with Crippen LogP contribution in [0.1, 0.15) is 10.4 Å². The molecular formula is C14H14N4O2S. The van der Waals surface area contributed by atoms with E-state index in [4.69, 9.17) is 0 Å². The van der Waals surface area contributed by atoms with Gasteiger partial charge in [0, 0.05) is 24.0 Å². The molecule has 0 bridgehead atoms. The molecule has 0 saturated carbocycles. The van der Waals surface area contributed by atoms with Crippen molar-refractivity contribution in [3.8, 4) is 0 Å². The lowest BCUT2D eigenvalue weighted by Crippen LogP contribution is -2.38. The number of amides is 3. The Morgan fingerprint density at radius 1 is 1.38 bits per heavy atom. The highest BCUT2D eigenvalue weighted by atomic mass is 32.1. The number of anilines is 1. The van der Waals surface area contributed by atoms with E-state index in [9.17, 15) is 9.59 Å². The first kappa shape index (κ1) is 13.6. The van der Waals surface area contributed by atoms with Gasteiger partial charge in [0.1, 0.15) is 6.04 Å². The molecule has 3 amide bonds. The first-order chi connectivity index (χ1) is 10.2. The summed E-state index contributed by atoms with van der Waals surface area (Å²) in [6, 6.07) is 9.21. The molecule has 2 heterocycles. The minimum atomic E-state index is -0.543. The van der Waals surface area contributed by atoms with Gasteiger partial charge in [-0.2, -0.15) is 0 Å². The number of carbonyl (C=O) groups excluding carboxylic acids is 2. The van der Waals surface area contributed by atoms with Gasteiger partial charge in [0.2, 0.25) is 0 Å². The highest BCUT2D eigenvalue weighted by Gasteiger charge is 2.27. The molecule has 1 aliphatic heterocycles. The predicted molar refractivity (Wildman–Crippen MR) is 80.3 cm³/mol. The molecule has 1 saturated heterocycles. The van der Waals surface area contributed by atoms with Crippen LogP contribution >= 0.6 is 11.3 Å². The van der Waals surface area contributed by atoms with Crippen LogP contribution in [-0.4, -0.2) is 29.5 Å². The lowest BCUT2D eigenvalue weighted by molar-refractivity contribution is -0.117. The number of carbonyl (C=O) groups is 2. The Balaban J connectivity index is 1.60. The topological polar surface area (TPSA) is 83.1 Å². The average molecular weight is 302 g/mol. The fourth-order valence-corrected chi connectivity index (χ4v) is 2.90.